The third-order valence-electron chi connectivity index (χ3n) is 1.52. The molecule has 0 saturated carbocycles. The van der Waals surface area contributed by atoms with Crippen LogP contribution in [-0.2, 0) is 4.84 Å². The monoisotopic (exact) mass is 181 g/mol. The van der Waals surface area contributed by atoms with Gasteiger partial charge in [-0.05, 0) is 19.1 Å². The third kappa shape index (κ3) is 2.66. The van der Waals surface area contributed by atoms with Crippen molar-refractivity contribution in [3.05, 3.63) is 30.3 Å². The van der Waals surface area contributed by atoms with Crippen LogP contribution in [0.25, 0.3) is 0 Å². The van der Waals surface area contributed by atoms with E-state index in [2.05, 4.69) is 4.84 Å². The number of anilines is 1. The van der Waals surface area contributed by atoms with Gasteiger partial charge in [-0.1, -0.05) is 18.2 Å². The van der Waals surface area contributed by atoms with Gasteiger partial charge in [0, 0.05) is 0 Å². The van der Waals surface area contributed by atoms with Gasteiger partial charge in [0.1, 0.15) is 0 Å². The van der Waals surface area contributed by atoms with E-state index in [9.17, 15) is 4.79 Å². The molecule has 0 unspecified atom stereocenters. The van der Waals surface area contributed by atoms with E-state index in [0.717, 1.165) is 5.69 Å². The minimum absolute atomic E-state index is 0.482. The van der Waals surface area contributed by atoms with Gasteiger partial charge in [-0.3, -0.25) is 0 Å². The van der Waals surface area contributed by atoms with E-state index in [4.69, 9.17) is 5.11 Å². The van der Waals surface area contributed by atoms with Crippen molar-refractivity contribution in [3.8, 4) is 0 Å². The highest BCUT2D eigenvalue weighted by atomic mass is 16.8. The Morgan fingerprint density at radius 3 is 2.54 bits per heavy atom. The summed E-state index contributed by atoms with van der Waals surface area (Å²) in [6.45, 7) is 2.30. The minimum Gasteiger partial charge on any atom is -0.448 e. The van der Waals surface area contributed by atoms with Crippen molar-refractivity contribution in [1.29, 1.82) is 0 Å². The zero-order valence-electron chi connectivity index (χ0n) is 7.30. The van der Waals surface area contributed by atoms with Gasteiger partial charge in [-0.2, -0.15) is 0 Å². The topological polar surface area (TPSA) is 49.8 Å². The second-order valence-corrected chi connectivity index (χ2v) is 2.39. The molecular weight excluding hydrogens is 170 g/mol. The SMILES string of the molecule is CCN(OC(=O)O)c1ccccc1. The summed E-state index contributed by atoms with van der Waals surface area (Å²) in [6, 6.07) is 9.07. The molecule has 0 heterocycles. The molecule has 4 heteroatoms. The van der Waals surface area contributed by atoms with E-state index >= 15 is 0 Å². The van der Waals surface area contributed by atoms with E-state index < -0.39 is 6.16 Å². The summed E-state index contributed by atoms with van der Waals surface area (Å²) in [5.74, 6) is 0. The Kier molecular flexibility index (Phi) is 3.14. The number of para-hydroxylation sites is 1. The lowest BCUT2D eigenvalue weighted by Gasteiger charge is -2.18. The fourth-order valence-corrected chi connectivity index (χ4v) is 0.988. The lowest BCUT2D eigenvalue weighted by atomic mass is 10.3. The van der Waals surface area contributed by atoms with Crippen LogP contribution in [0.4, 0.5) is 10.5 Å². The average molecular weight is 181 g/mol. The first-order valence-electron chi connectivity index (χ1n) is 3.97. The molecule has 0 aliphatic rings. The highest BCUT2D eigenvalue weighted by molar-refractivity contribution is 5.59. The van der Waals surface area contributed by atoms with E-state index in [1.54, 1.807) is 12.1 Å². The Balaban J connectivity index is 2.73. The summed E-state index contributed by atoms with van der Waals surface area (Å²) in [4.78, 5) is 14.8. The molecule has 0 aliphatic carbocycles. The largest absolute Gasteiger partial charge is 0.530 e. The number of carboxylic acid groups (broad SMARTS) is 1. The molecule has 1 N–H and O–H groups in total. The molecule has 0 amide bonds. The van der Waals surface area contributed by atoms with Crippen LogP contribution in [0.2, 0.25) is 0 Å². The number of benzene rings is 1. The Hall–Kier alpha value is -1.71. The predicted molar refractivity (Wildman–Crippen MR) is 48.6 cm³/mol. The molecule has 0 bridgehead atoms. The molecule has 0 fully saturated rings. The Morgan fingerprint density at radius 2 is 2.08 bits per heavy atom. The van der Waals surface area contributed by atoms with Gasteiger partial charge in [-0.15, -0.1) is 0 Å². The number of carbonyl (C=O) groups is 1. The summed E-state index contributed by atoms with van der Waals surface area (Å²) in [5, 5.41) is 9.72. The second-order valence-electron chi connectivity index (χ2n) is 2.39. The normalized spacial score (nSPS) is 9.31. The maximum atomic E-state index is 10.3. The third-order valence-corrected chi connectivity index (χ3v) is 1.52. The summed E-state index contributed by atoms with van der Waals surface area (Å²) in [6.07, 6.45) is -1.30. The first kappa shape index (κ1) is 9.38. The van der Waals surface area contributed by atoms with Crippen LogP contribution in [0.15, 0.2) is 30.3 Å². The van der Waals surface area contributed by atoms with Gasteiger partial charge < -0.3 is 9.94 Å². The lowest BCUT2D eigenvalue weighted by molar-refractivity contribution is 0.0814. The summed E-state index contributed by atoms with van der Waals surface area (Å²) < 4.78 is 0. The van der Waals surface area contributed by atoms with E-state index in [0.29, 0.717) is 6.54 Å². The fraction of sp³-hybridized carbons (Fsp3) is 0.222. The van der Waals surface area contributed by atoms with Crippen molar-refractivity contribution < 1.29 is 14.7 Å². The maximum absolute atomic E-state index is 10.3. The zero-order chi connectivity index (χ0) is 9.68. The van der Waals surface area contributed by atoms with Crippen molar-refractivity contribution in [2.24, 2.45) is 0 Å². The standard InChI is InChI=1S/C9H11NO3/c1-2-10(13-9(11)12)8-6-4-3-5-7-8/h3-7H,2H2,1H3,(H,11,12). The average Bonchev–Trinajstić information content (AvgIpc) is 2.15. The van der Waals surface area contributed by atoms with Gasteiger partial charge in [-0.25, -0.2) is 9.86 Å². The molecule has 1 rings (SSSR count). The van der Waals surface area contributed by atoms with Crippen LogP contribution in [0.5, 0.6) is 0 Å². The molecule has 0 atom stereocenters. The quantitative estimate of drug-likeness (QED) is 0.725. The van der Waals surface area contributed by atoms with Gasteiger partial charge in [0.2, 0.25) is 0 Å². The van der Waals surface area contributed by atoms with Crippen LogP contribution >= 0.6 is 0 Å². The molecular formula is C9H11NO3. The minimum atomic E-state index is -1.30. The van der Waals surface area contributed by atoms with Crippen LogP contribution in [0.3, 0.4) is 0 Å². The molecule has 4 nitrogen and oxygen atoms in total. The molecule has 13 heavy (non-hydrogen) atoms. The molecule has 1 aromatic rings. The number of hydrogen-bond acceptors (Lipinski definition) is 3. The summed E-state index contributed by atoms with van der Waals surface area (Å²) in [5.41, 5.74) is 0.729. The molecule has 0 saturated heterocycles. The van der Waals surface area contributed by atoms with E-state index in [1.165, 1.54) is 5.06 Å². The van der Waals surface area contributed by atoms with Crippen LogP contribution in [0, 0.1) is 0 Å². The van der Waals surface area contributed by atoms with Crippen molar-refractivity contribution in [2.45, 2.75) is 6.92 Å². The van der Waals surface area contributed by atoms with Gasteiger partial charge in [0.15, 0.2) is 0 Å². The Bertz CT molecular complexity index is 273. The van der Waals surface area contributed by atoms with Crippen molar-refractivity contribution in [1.82, 2.24) is 0 Å². The summed E-state index contributed by atoms with van der Waals surface area (Å²) in [7, 11) is 0. The molecule has 70 valence electrons. The first-order valence-corrected chi connectivity index (χ1v) is 3.97. The van der Waals surface area contributed by atoms with Crippen molar-refractivity contribution in [2.75, 3.05) is 11.6 Å². The molecule has 0 radical (unpaired) electrons. The number of nitrogens with zero attached hydrogens (tertiary/aromatic N) is 1. The van der Waals surface area contributed by atoms with E-state index in [1.807, 2.05) is 25.1 Å². The molecule has 0 spiro atoms. The second kappa shape index (κ2) is 4.35. The Morgan fingerprint density at radius 1 is 1.46 bits per heavy atom. The lowest BCUT2D eigenvalue weighted by Crippen LogP contribution is -2.25. The van der Waals surface area contributed by atoms with Crippen LogP contribution in [0.1, 0.15) is 6.92 Å². The highest BCUT2D eigenvalue weighted by Gasteiger charge is 2.07. The predicted octanol–water partition coefficient (Wildman–Crippen LogP) is 2.12. The van der Waals surface area contributed by atoms with Crippen LogP contribution in [-0.4, -0.2) is 17.8 Å². The number of hydrogen-bond donors (Lipinski definition) is 1. The Labute approximate surface area is 76.3 Å². The zero-order valence-corrected chi connectivity index (χ0v) is 7.30. The molecule has 1 aromatic carbocycles. The van der Waals surface area contributed by atoms with Crippen molar-refractivity contribution >= 4 is 11.8 Å². The smallest absolute Gasteiger partial charge is 0.448 e. The van der Waals surface area contributed by atoms with E-state index in [-0.39, 0.29) is 0 Å². The number of hydroxylamine groups is 1. The molecule has 0 aromatic heterocycles. The van der Waals surface area contributed by atoms with Gasteiger partial charge in [0.05, 0.1) is 12.2 Å². The van der Waals surface area contributed by atoms with Gasteiger partial charge in [0.25, 0.3) is 0 Å². The fourth-order valence-electron chi connectivity index (χ4n) is 0.988. The van der Waals surface area contributed by atoms with Gasteiger partial charge >= 0.3 is 6.16 Å². The summed E-state index contributed by atoms with van der Waals surface area (Å²) >= 11 is 0. The van der Waals surface area contributed by atoms with Crippen molar-refractivity contribution in [3.63, 3.8) is 0 Å². The number of rotatable bonds is 3. The molecule has 0 aliphatic heterocycles. The highest BCUT2D eigenvalue weighted by Crippen LogP contribution is 2.12. The van der Waals surface area contributed by atoms with Crippen LogP contribution < -0.4 is 5.06 Å². The maximum Gasteiger partial charge on any atom is 0.530 e. The first-order chi connectivity index (χ1) is 6.24.